The minimum absolute atomic E-state index is 0.0153. The summed E-state index contributed by atoms with van der Waals surface area (Å²) in [5.41, 5.74) is 0. The fraction of sp³-hybridized carbons (Fsp3) is 0.929. The van der Waals surface area contributed by atoms with Crippen LogP contribution in [0.1, 0.15) is 6.92 Å². The van der Waals surface area contributed by atoms with Crippen LogP contribution in [0.5, 0.6) is 0 Å². The molecule has 0 aliphatic carbocycles. The van der Waals surface area contributed by atoms with E-state index in [9.17, 15) is 13.2 Å². The fourth-order valence-electron chi connectivity index (χ4n) is 3.30. The van der Waals surface area contributed by atoms with Gasteiger partial charge in [-0.1, -0.05) is 0 Å². The minimum atomic E-state index is -3.08. The van der Waals surface area contributed by atoms with Gasteiger partial charge in [0.2, 0.25) is 5.91 Å². The molecule has 0 radical (unpaired) electrons. The number of ether oxygens (including phenoxy) is 1. The molecule has 8 heteroatoms. The third kappa shape index (κ3) is 4.18. The van der Waals surface area contributed by atoms with Crippen molar-refractivity contribution < 1.29 is 17.9 Å². The molecule has 0 aromatic rings. The van der Waals surface area contributed by atoms with Crippen molar-refractivity contribution in [3.8, 4) is 0 Å². The molecule has 0 aromatic heterocycles. The number of sulfone groups is 1. The molecule has 2 aliphatic rings. The van der Waals surface area contributed by atoms with Gasteiger partial charge in [0.1, 0.15) is 0 Å². The van der Waals surface area contributed by atoms with Crippen molar-refractivity contribution in [1.82, 2.24) is 14.7 Å². The fourth-order valence-corrected chi connectivity index (χ4v) is 5.31. The zero-order chi connectivity index (χ0) is 16.3. The Morgan fingerprint density at radius 1 is 1.23 bits per heavy atom. The van der Waals surface area contributed by atoms with E-state index in [0.29, 0.717) is 32.8 Å². The first kappa shape index (κ1) is 17.7. The van der Waals surface area contributed by atoms with Crippen LogP contribution >= 0.6 is 0 Å². The van der Waals surface area contributed by atoms with Crippen molar-refractivity contribution in [2.45, 2.75) is 19.0 Å². The number of likely N-dealkylation sites (N-methyl/N-ethyl adjacent to an activating group) is 1. The molecule has 2 heterocycles. The van der Waals surface area contributed by atoms with Gasteiger partial charge in [-0.25, -0.2) is 8.42 Å². The molecule has 7 nitrogen and oxygen atoms in total. The molecule has 0 N–H and O–H groups in total. The Hall–Kier alpha value is -0.700. The number of hydrogen-bond acceptors (Lipinski definition) is 6. The number of carbonyl (C=O) groups is 1. The van der Waals surface area contributed by atoms with Gasteiger partial charge in [-0.05, 0) is 21.0 Å². The van der Waals surface area contributed by atoms with Crippen molar-refractivity contribution in [1.29, 1.82) is 0 Å². The van der Waals surface area contributed by atoms with E-state index in [1.54, 1.807) is 4.90 Å². The molecule has 2 rings (SSSR count). The number of hydrogen-bond donors (Lipinski definition) is 0. The van der Waals surface area contributed by atoms with Crippen LogP contribution in [-0.4, -0.2) is 106 Å². The minimum Gasteiger partial charge on any atom is -0.380 e. The molecule has 2 fully saturated rings. The third-order valence-electron chi connectivity index (χ3n) is 4.29. The first-order valence-corrected chi connectivity index (χ1v) is 9.62. The van der Waals surface area contributed by atoms with Crippen molar-refractivity contribution >= 4 is 15.7 Å². The molecule has 2 atom stereocenters. The predicted molar refractivity (Wildman–Crippen MR) is 84.6 cm³/mol. The maximum absolute atomic E-state index is 12.4. The van der Waals surface area contributed by atoms with E-state index >= 15 is 0 Å². The second-order valence-corrected chi connectivity index (χ2v) is 8.42. The molecule has 0 bridgehead atoms. The summed E-state index contributed by atoms with van der Waals surface area (Å²) in [5, 5.41) is 0. The summed E-state index contributed by atoms with van der Waals surface area (Å²) in [5.74, 6) is 0.249. The van der Waals surface area contributed by atoms with Crippen molar-refractivity contribution in [3.05, 3.63) is 0 Å². The Balaban J connectivity index is 2.08. The van der Waals surface area contributed by atoms with Crippen LogP contribution in [0.25, 0.3) is 0 Å². The van der Waals surface area contributed by atoms with Crippen LogP contribution in [0, 0.1) is 0 Å². The van der Waals surface area contributed by atoms with E-state index in [1.165, 1.54) is 0 Å². The Labute approximate surface area is 133 Å². The Morgan fingerprint density at radius 3 is 2.55 bits per heavy atom. The molecule has 128 valence electrons. The van der Waals surface area contributed by atoms with Crippen molar-refractivity contribution in [3.63, 3.8) is 0 Å². The summed E-state index contributed by atoms with van der Waals surface area (Å²) in [4.78, 5) is 18.1. The number of carbonyl (C=O) groups excluding carboxylic acids is 1. The average molecular weight is 333 g/mol. The maximum atomic E-state index is 12.4. The van der Waals surface area contributed by atoms with Crippen molar-refractivity contribution in [2.24, 2.45) is 0 Å². The summed E-state index contributed by atoms with van der Waals surface area (Å²) >= 11 is 0. The third-order valence-corrected chi connectivity index (χ3v) is 5.99. The quantitative estimate of drug-likeness (QED) is 0.575. The van der Waals surface area contributed by atoms with Gasteiger partial charge < -0.3 is 14.5 Å². The topological polar surface area (TPSA) is 70.2 Å². The first-order valence-electron chi connectivity index (χ1n) is 7.80. The summed E-state index contributed by atoms with van der Waals surface area (Å²) in [6.45, 7) is 5.56. The second-order valence-electron chi connectivity index (χ2n) is 6.27. The van der Waals surface area contributed by atoms with Gasteiger partial charge in [-0.15, -0.1) is 0 Å². The van der Waals surface area contributed by atoms with Gasteiger partial charge >= 0.3 is 0 Å². The lowest BCUT2D eigenvalue weighted by Crippen LogP contribution is -2.62. The van der Waals surface area contributed by atoms with E-state index in [0.717, 1.165) is 6.54 Å². The molecule has 1 amide bonds. The molecule has 2 saturated heterocycles. The van der Waals surface area contributed by atoms with Crippen LogP contribution in [-0.2, 0) is 19.4 Å². The number of piperazine rings is 1. The second kappa shape index (κ2) is 7.25. The Bertz CT molecular complexity index is 494. The SMILES string of the molecule is CCOCCN1CCN(C(=O)CN(C)C)[C@@H]2CS(=O)(=O)C[C@@H]21. The van der Waals surface area contributed by atoms with Crippen LogP contribution in [0.3, 0.4) is 0 Å². The standard InChI is InChI=1S/C14H27N3O4S/c1-4-21-8-7-16-5-6-17(14(18)9-15(2)3)13-11-22(19,20)10-12(13)16/h12-13H,4-11H2,1-3H3/t12-,13+/m0/s1. The maximum Gasteiger partial charge on any atom is 0.237 e. The highest BCUT2D eigenvalue weighted by atomic mass is 32.2. The van der Waals surface area contributed by atoms with Crippen LogP contribution in [0.15, 0.2) is 0 Å². The van der Waals surface area contributed by atoms with Crippen LogP contribution < -0.4 is 0 Å². The highest BCUT2D eigenvalue weighted by molar-refractivity contribution is 7.91. The highest BCUT2D eigenvalue weighted by Gasteiger charge is 2.47. The van der Waals surface area contributed by atoms with E-state index in [2.05, 4.69) is 4.90 Å². The van der Waals surface area contributed by atoms with E-state index in [4.69, 9.17) is 4.74 Å². The summed E-state index contributed by atoms with van der Waals surface area (Å²) in [6, 6.07) is -0.307. The number of nitrogens with zero attached hydrogens (tertiary/aromatic N) is 3. The molecule has 0 saturated carbocycles. The van der Waals surface area contributed by atoms with Crippen LogP contribution in [0.4, 0.5) is 0 Å². The van der Waals surface area contributed by atoms with Gasteiger partial charge in [0.05, 0.1) is 30.7 Å². The molecule has 0 aromatic carbocycles. The molecular weight excluding hydrogens is 306 g/mol. The summed E-state index contributed by atoms with van der Waals surface area (Å²) in [6.07, 6.45) is 0. The summed E-state index contributed by atoms with van der Waals surface area (Å²) in [7, 11) is 0.615. The monoisotopic (exact) mass is 333 g/mol. The van der Waals surface area contributed by atoms with Crippen molar-refractivity contribution in [2.75, 3.05) is 65.0 Å². The molecule has 0 unspecified atom stereocenters. The lowest BCUT2D eigenvalue weighted by Gasteiger charge is -2.44. The van der Waals surface area contributed by atoms with E-state index in [-0.39, 0.29) is 29.5 Å². The highest BCUT2D eigenvalue weighted by Crippen LogP contribution is 2.27. The average Bonchev–Trinajstić information content (AvgIpc) is 2.73. The van der Waals surface area contributed by atoms with E-state index in [1.807, 2.05) is 25.9 Å². The lowest BCUT2D eigenvalue weighted by molar-refractivity contribution is -0.137. The van der Waals surface area contributed by atoms with Gasteiger partial charge in [-0.2, -0.15) is 0 Å². The van der Waals surface area contributed by atoms with Gasteiger partial charge in [-0.3, -0.25) is 9.69 Å². The molecule has 0 spiro atoms. The van der Waals surface area contributed by atoms with Gasteiger partial charge in [0, 0.05) is 32.3 Å². The lowest BCUT2D eigenvalue weighted by atomic mass is 10.0. The molecule has 2 aliphatic heterocycles. The zero-order valence-corrected chi connectivity index (χ0v) is 14.5. The Morgan fingerprint density at radius 2 is 1.91 bits per heavy atom. The smallest absolute Gasteiger partial charge is 0.237 e. The van der Waals surface area contributed by atoms with Crippen LogP contribution in [0.2, 0.25) is 0 Å². The molecular formula is C14H27N3O4S. The van der Waals surface area contributed by atoms with Gasteiger partial charge in [0.15, 0.2) is 9.84 Å². The number of rotatable bonds is 6. The predicted octanol–water partition coefficient (Wildman–Crippen LogP) is -1.11. The largest absolute Gasteiger partial charge is 0.380 e. The number of fused-ring (bicyclic) bond motifs is 1. The summed E-state index contributed by atoms with van der Waals surface area (Å²) < 4.78 is 29.5. The molecule has 22 heavy (non-hydrogen) atoms. The Kier molecular flexibility index (Phi) is 5.81. The number of amides is 1. The normalized spacial score (nSPS) is 28.1. The van der Waals surface area contributed by atoms with E-state index < -0.39 is 9.84 Å². The van der Waals surface area contributed by atoms with Gasteiger partial charge in [0.25, 0.3) is 0 Å². The first-order chi connectivity index (χ1) is 10.3. The zero-order valence-electron chi connectivity index (χ0n) is 13.7.